The molecule has 0 aliphatic heterocycles. The van der Waals surface area contributed by atoms with Gasteiger partial charge in [-0.05, 0) is 26.4 Å². The van der Waals surface area contributed by atoms with E-state index in [1.165, 1.54) is 19.3 Å². The van der Waals surface area contributed by atoms with Gasteiger partial charge in [-0.3, -0.25) is 4.90 Å². The Hall–Kier alpha value is -0.870. The lowest BCUT2D eigenvalue weighted by molar-refractivity contribution is 0.199. The smallest absolute Gasteiger partial charge is 0.122 e. The van der Waals surface area contributed by atoms with Gasteiger partial charge < -0.3 is 9.88 Å². The van der Waals surface area contributed by atoms with Gasteiger partial charge >= 0.3 is 0 Å². The van der Waals surface area contributed by atoms with E-state index in [4.69, 9.17) is 0 Å². The van der Waals surface area contributed by atoms with E-state index in [1.54, 1.807) is 0 Å². The van der Waals surface area contributed by atoms with Gasteiger partial charge in [-0.1, -0.05) is 13.3 Å². The lowest BCUT2D eigenvalue weighted by Crippen LogP contribution is -2.45. The van der Waals surface area contributed by atoms with Gasteiger partial charge in [-0.15, -0.1) is 0 Å². The Kier molecular flexibility index (Phi) is 4.18. The first-order valence-corrected chi connectivity index (χ1v) is 6.62. The lowest BCUT2D eigenvalue weighted by Gasteiger charge is -2.29. The minimum absolute atomic E-state index is 0.658. The Labute approximate surface area is 104 Å². The fourth-order valence-electron chi connectivity index (χ4n) is 2.86. The van der Waals surface area contributed by atoms with Crippen molar-refractivity contribution in [3.05, 3.63) is 18.2 Å². The third kappa shape index (κ3) is 2.87. The maximum atomic E-state index is 4.40. The van der Waals surface area contributed by atoms with Crippen LogP contribution in [0, 0.1) is 0 Å². The molecule has 2 atom stereocenters. The molecule has 1 saturated carbocycles. The van der Waals surface area contributed by atoms with Gasteiger partial charge in [0.05, 0.1) is 6.54 Å². The van der Waals surface area contributed by atoms with Crippen molar-refractivity contribution in [2.24, 2.45) is 7.05 Å². The largest absolute Gasteiger partial charge is 0.337 e. The molecule has 4 nitrogen and oxygen atoms in total. The van der Waals surface area contributed by atoms with Gasteiger partial charge in [0.1, 0.15) is 5.82 Å². The molecule has 0 bridgehead atoms. The molecule has 1 aromatic rings. The summed E-state index contributed by atoms with van der Waals surface area (Å²) in [6, 6.07) is 1.32. The van der Waals surface area contributed by atoms with Gasteiger partial charge in [0.15, 0.2) is 0 Å². The summed E-state index contributed by atoms with van der Waals surface area (Å²) in [4.78, 5) is 6.85. The van der Waals surface area contributed by atoms with E-state index in [1.807, 2.05) is 12.4 Å². The van der Waals surface area contributed by atoms with Gasteiger partial charge in [0.2, 0.25) is 0 Å². The number of hydrogen-bond donors (Lipinski definition) is 1. The van der Waals surface area contributed by atoms with Crippen LogP contribution < -0.4 is 5.32 Å². The zero-order valence-electron chi connectivity index (χ0n) is 11.2. The van der Waals surface area contributed by atoms with Crippen molar-refractivity contribution in [2.75, 3.05) is 13.6 Å². The van der Waals surface area contributed by atoms with Crippen LogP contribution in [0.1, 0.15) is 32.0 Å². The number of aromatic nitrogens is 2. The topological polar surface area (TPSA) is 33.1 Å². The molecule has 0 saturated heterocycles. The molecule has 1 aliphatic carbocycles. The van der Waals surface area contributed by atoms with Crippen LogP contribution in [-0.2, 0) is 13.6 Å². The average molecular weight is 236 g/mol. The molecule has 0 radical (unpaired) electrons. The molecule has 1 aromatic heterocycles. The van der Waals surface area contributed by atoms with Gasteiger partial charge in [0, 0.05) is 31.5 Å². The van der Waals surface area contributed by atoms with E-state index in [0.717, 1.165) is 18.9 Å². The first kappa shape index (κ1) is 12.6. The van der Waals surface area contributed by atoms with Crippen molar-refractivity contribution >= 4 is 0 Å². The number of rotatable bonds is 5. The third-order valence-electron chi connectivity index (χ3n) is 3.82. The standard InChI is InChI=1S/C13H24N4/c1-4-14-11-6-5-7-12(11)17(3)10-13-15-8-9-16(13)2/h8-9,11-12,14H,4-7,10H2,1-3H3. The van der Waals surface area contributed by atoms with E-state index >= 15 is 0 Å². The van der Waals surface area contributed by atoms with Gasteiger partial charge in [-0.2, -0.15) is 0 Å². The summed E-state index contributed by atoms with van der Waals surface area (Å²) in [5.41, 5.74) is 0. The Morgan fingerprint density at radius 3 is 3.00 bits per heavy atom. The molecular weight excluding hydrogens is 212 g/mol. The zero-order chi connectivity index (χ0) is 12.3. The first-order valence-electron chi connectivity index (χ1n) is 6.62. The van der Waals surface area contributed by atoms with Crippen molar-refractivity contribution < 1.29 is 0 Å². The van der Waals surface area contributed by atoms with E-state index < -0.39 is 0 Å². The summed E-state index contributed by atoms with van der Waals surface area (Å²) in [6.45, 7) is 4.20. The minimum Gasteiger partial charge on any atom is -0.337 e. The summed E-state index contributed by atoms with van der Waals surface area (Å²) < 4.78 is 2.10. The Balaban J connectivity index is 1.95. The number of nitrogens with zero attached hydrogens (tertiary/aromatic N) is 3. The molecule has 0 aromatic carbocycles. The predicted octanol–water partition coefficient (Wildman–Crippen LogP) is 1.38. The molecule has 1 N–H and O–H groups in total. The Morgan fingerprint density at radius 2 is 2.35 bits per heavy atom. The normalized spacial score (nSPS) is 24.7. The van der Waals surface area contributed by atoms with Gasteiger partial charge in [-0.25, -0.2) is 4.98 Å². The number of aryl methyl sites for hydroxylation is 1. The minimum atomic E-state index is 0.658. The number of imidazole rings is 1. The van der Waals surface area contributed by atoms with Crippen LogP contribution in [0.25, 0.3) is 0 Å². The fourth-order valence-corrected chi connectivity index (χ4v) is 2.86. The Morgan fingerprint density at radius 1 is 1.53 bits per heavy atom. The molecule has 0 spiro atoms. The average Bonchev–Trinajstić information content (AvgIpc) is 2.89. The van der Waals surface area contributed by atoms with E-state index in [-0.39, 0.29) is 0 Å². The molecule has 17 heavy (non-hydrogen) atoms. The second kappa shape index (κ2) is 5.65. The number of nitrogens with one attached hydrogen (secondary N) is 1. The molecule has 1 aliphatic rings. The molecule has 2 unspecified atom stereocenters. The Bertz CT molecular complexity index is 347. The lowest BCUT2D eigenvalue weighted by atomic mass is 10.1. The second-order valence-corrected chi connectivity index (χ2v) is 5.03. The van der Waals surface area contributed by atoms with Crippen LogP contribution in [0.4, 0.5) is 0 Å². The van der Waals surface area contributed by atoms with E-state index in [2.05, 4.69) is 40.8 Å². The summed E-state index contributed by atoms with van der Waals surface area (Å²) in [5.74, 6) is 1.15. The highest BCUT2D eigenvalue weighted by molar-refractivity contribution is 4.95. The van der Waals surface area contributed by atoms with Crippen molar-refractivity contribution in [2.45, 2.75) is 44.8 Å². The molecule has 1 fully saturated rings. The predicted molar refractivity (Wildman–Crippen MR) is 69.8 cm³/mol. The van der Waals surface area contributed by atoms with E-state index in [9.17, 15) is 0 Å². The molecular formula is C13H24N4. The fraction of sp³-hybridized carbons (Fsp3) is 0.769. The van der Waals surface area contributed by atoms with Crippen LogP contribution in [0.15, 0.2) is 12.4 Å². The summed E-state index contributed by atoms with van der Waals surface area (Å²) in [5, 5.41) is 3.60. The van der Waals surface area contributed by atoms with Crippen molar-refractivity contribution in [3.8, 4) is 0 Å². The first-order chi connectivity index (χ1) is 8.22. The summed E-state index contributed by atoms with van der Waals surface area (Å²) >= 11 is 0. The highest BCUT2D eigenvalue weighted by atomic mass is 15.2. The highest BCUT2D eigenvalue weighted by Gasteiger charge is 2.29. The van der Waals surface area contributed by atoms with Crippen LogP contribution in [0.3, 0.4) is 0 Å². The molecule has 0 amide bonds. The third-order valence-corrected chi connectivity index (χ3v) is 3.82. The van der Waals surface area contributed by atoms with Crippen LogP contribution in [0.2, 0.25) is 0 Å². The SMILES string of the molecule is CCNC1CCCC1N(C)Cc1nccn1C. The quantitative estimate of drug-likeness (QED) is 0.838. The molecule has 96 valence electrons. The highest BCUT2D eigenvalue weighted by Crippen LogP contribution is 2.24. The zero-order valence-corrected chi connectivity index (χ0v) is 11.2. The molecule has 2 rings (SSSR count). The van der Waals surface area contributed by atoms with Crippen LogP contribution in [0.5, 0.6) is 0 Å². The number of hydrogen-bond acceptors (Lipinski definition) is 3. The molecule has 1 heterocycles. The summed E-state index contributed by atoms with van der Waals surface area (Å²) in [6.07, 6.45) is 7.84. The second-order valence-electron chi connectivity index (χ2n) is 5.03. The van der Waals surface area contributed by atoms with Crippen molar-refractivity contribution in [1.29, 1.82) is 0 Å². The summed E-state index contributed by atoms with van der Waals surface area (Å²) in [7, 11) is 4.28. The van der Waals surface area contributed by atoms with Crippen molar-refractivity contribution in [3.63, 3.8) is 0 Å². The maximum absolute atomic E-state index is 4.40. The van der Waals surface area contributed by atoms with Gasteiger partial charge in [0.25, 0.3) is 0 Å². The van der Waals surface area contributed by atoms with Crippen LogP contribution >= 0.6 is 0 Å². The van der Waals surface area contributed by atoms with E-state index in [0.29, 0.717) is 12.1 Å². The molecule has 4 heteroatoms. The maximum Gasteiger partial charge on any atom is 0.122 e. The number of likely N-dealkylation sites (N-methyl/N-ethyl adjacent to an activating group) is 2. The monoisotopic (exact) mass is 236 g/mol. The van der Waals surface area contributed by atoms with Crippen LogP contribution in [-0.4, -0.2) is 40.1 Å². The van der Waals surface area contributed by atoms with Crippen molar-refractivity contribution in [1.82, 2.24) is 19.8 Å².